The molecule has 0 bridgehead atoms. The lowest BCUT2D eigenvalue weighted by atomic mass is 10.2. The van der Waals surface area contributed by atoms with Gasteiger partial charge in [-0.15, -0.1) is 11.3 Å². The zero-order valence-electron chi connectivity index (χ0n) is 16.5. The number of amides is 1. The van der Waals surface area contributed by atoms with Gasteiger partial charge in [0.25, 0.3) is 5.91 Å². The SMILES string of the molecule is CCCCOc1ccc(C(=O)N/N=C/c2ccc(OC(=O)c3cccs3)cc2)cc1. The number of hydrazone groups is 1. The first-order chi connectivity index (χ1) is 14.7. The summed E-state index contributed by atoms with van der Waals surface area (Å²) in [5, 5.41) is 5.79. The van der Waals surface area contributed by atoms with E-state index in [1.807, 2.05) is 5.38 Å². The van der Waals surface area contributed by atoms with Crippen molar-refractivity contribution >= 4 is 29.4 Å². The maximum Gasteiger partial charge on any atom is 0.353 e. The number of thiophene rings is 1. The maximum absolute atomic E-state index is 12.2. The molecular weight excluding hydrogens is 400 g/mol. The Hall–Kier alpha value is -3.45. The molecule has 1 heterocycles. The molecule has 30 heavy (non-hydrogen) atoms. The van der Waals surface area contributed by atoms with E-state index in [0.29, 0.717) is 22.8 Å². The van der Waals surface area contributed by atoms with E-state index in [0.717, 1.165) is 24.2 Å². The van der Waals surface area contributed by atoms with Gasteiger partial charge < -0.3 is 9.47 Å². The van der Waals surface area contributed by atoms with Crippen LogP contribution in [0.25, 0.3) is 0 Å². The highest BCUT2D eigenvalue weighted by Crippen LogP contribution is 2.16. The molecule has 0 aliphatic heterocycles. The van der Waals surface area contributed by atoms with Crippen molar-refractivity contribution in [3.8, 4) is 11.5 Å². The predicted octanol–water partition coefficient (Wildman–Crippen LogP) is 4.91. The summed E-state index contributed by atoms with van der Waals surface area (Å²) in [6.07, 6.45) is 3.58. The van der Waals surface area contributed by atoms with E-state index in [4.69, 9.17) is 9.47 Å². The van der Waals surface area contributed by atoms with Gasteiger partial charge in [0, 0.05) is 5.56 Å². The molecule has 3 rings (SSSR count). The number of benzene rings is 2. The fraction of sp³-hybridized carbons (Fsp3) is 0.174. The lowest BCUT2D eigenvalue weighted by Gasteiger charge is -2.06. The van der Waals surface area contributed by atoms with Crippen molar-refractivity contribution in [2.45, 2.75) is 19.8 Å². The van der Waals surface area contributed by atoms with Crippen LogP contribution in [-0.4, -0.2) is 24.7 Å². The third kappa shape index (κ3) is 6.28. The molecule has 1 amide bonds. The topological polar surface area (TPSA) is 77.0 Å². The minimum atomic E-state index is -0.388. The van der Waals surface area contributed by atoms with Crippen LogP contribution in [0.5, 0.6) is 11.5 Å². The van der Waals surface area contributed by atoms with E-state index in [1.54, 1.807) is 60.7 Å². The predicted molar refractivity (Wildman–Crippen MR) is 118 cm³/mol. The average molecular weight is 423 g/mol. The van der Waals surface area contributed by atoms with Crippen LogP contribution in [0.3, 0.4) is 0 Å². The second kappa shape index (κ2) is 10.9. The first-order valence-electron chi connectivity index (χ1n) is 9.57. The number of hydrogen-bond acceptors (Lipinski definition) is 6. The van der Waals surface area contributed by atoms with E-state index in [9.17, 15) is 9.59 Å². The molecule has 0 aliphatic carbocycles. The van der Waals surface area contributed by atoms with Crippen LogP contribution >= 0.6 is 11.3 Å². The molecule has 154 valence electrons. The number of esters is 1. The first-order valence-corrected chi connectivity index (χ1v) is 10.5. The highest BCUT2D eigenvalue weighted by molar-refractivity contribution is 7.12. The van der Waals surface area contributed by atoms with Crippen molar-refractivity contribution in [1.82, 2.24) is 5.43 Å². The summed E-state index contributed by atoms with van der Waals surface area (Å²) in [7, 11) is 0. The molecule has 0 radical (unpaired) electrons. The fourth-order valence-corrected chi connectivity index (χ4v) is 3.04. The molecule has 0 fully saturated rings. The third-order valence-electron chi connectivity index (χ3n) is 4.08. The second-order valence-electron chi connectivity index (χ2n) is 6.36. The Labute approximate surface area is 179 Å². The minimum Gasteiger partial charge on any atom is -0.494 e. The lowest BCUT2D eigenvalue weighted by molar-refractivity contribution is 0.0739. The zero-order valence-corrected chi connectivity index (χ0v) is 17.4. The first kappa shape index (κ1) is 21.3. The maximum atomic E-state index is 12.2. The van der Waals surface area contributed by atoms with Gasteiger partial charge in [-0.05, 0) is 72.0 Å². The molecule has 0 saturated carbocycles. The molecule has 0 spiro atoms. The van der Waals surface area contributed by atoms with Gasteiger partial charge in [0.15, 0.2) is 0 Å². The summed E-state index contributed by atoms with van der Waals surface area (Å²) in [4.78, 5) is 24.7. The van der Waals surface area contributed by atoms with Gasteiger partial charge in [-0.1, -0.05) is 19.4 Å². The Bertz CT molecular complexity index is 981. The summed E-state index contributed by atoms with van der Waals surface area (Å²) in [5.74, 6) is 0.479. The van der Waals surface area contributed by atoms with Crippen LogP contribution in [0.15, 0.2) is 71.1 Å². The van der Waals surface area contributed by atoms with Crippen molar-refractivity contribution < 1.29 is 19.1 Å². The normalized spacial score (nSPS) is 10.7. The van der Waals surface area contributed by atoms with Crippen LogP contribution in [-0.2, 0) is 0 Å². The van der Waals surface area contributed by atoms with Crippen LogP contribution in [0, 0.1) is 0 Å². The van der Waals surface area contributed by atoms with Gasteiger partial charge in [-0.3, -0.25) is 4.79 Å². The van der Waals surface area contributed by atoms with Gasteiger partial charge in [0.1, 0.15) is 16.4 Å². The molecule has 0 atom stereocenters. The van der Waals surface area contributed by atoms with Crippen molar-refractivity contribution in [3.63, 3.8) is 0 Å². The van der Waals surface area contributed by atoms with E-state index in [-0.39, 0.29) is 11.9 Å². The highest BCUT2D eigenvalue weighted by atomic mass is 32.1. The van der Waals surface area contributed by atoms with Crippen LogP contribution in [0.2, 0.25) is 0 Å². The Morgan fingerprint density at radius 1 is 1.03 bits per heavy atom. The largest absolute Gasteiger partial charge is 0.494 e. The van der Waals surface area contributed by atoms with Crippen LogP contribution in [0.4, 0.5) is 0 Å². The zero-order chi connectivity index (χ0) is 21.2. The number of carbonyl (C=O) groups is 2. The van der Waals surface area contributed by atoms with Crippen LogP contribution in [0.1, 0.15) is 45.4 Å². The number of ether oxygens (including phenoxy) is 2. The van der Waals surface area contributed by atoms with E-state index in [1.165, 1.54) is 17.6 Å². The molecule has 1 N–H and O–H groups in total. The van der Waals surface area contributed by atoms with E-state index >= 15 is 0 Å². The summed E-state index contributed by atoms with van der Waals surface area (Å²) in [6.45, 7) is 2.77. The van der Waals surface area contributed by atoms with Gasteiger partial charge in [-0.2, -0.15) is 5.10 Å². The minimum absolute atomic E-state index is 0.312. The average Bonchev–Trinajstić information content (AvgIpc) is 3.31. The van der Waals surface area contributed by atoms with E-state index < -0.39 is 0 Å². The second-order valence-corrected chi connectivity index (χ2v) is 7.31. The quantitative estimate of drug-likeness (QED) is 0.175. The molecule has 0 unspecified atom stereocenters. The molecule has 7 heteroatoms. The number of rotatable bonds is 9. The number of carbonyl (C=O) groups excluding carboxylic acids is 2. The molecule has 0 saturated heterocycles. The molecule has 1 aromatic heterocycles. The lowest BCUT2D eigenvalue weighted by Crippen LogP contribution is -2.17. The molecular formula is C23H22N2O4S. The highest BCUT2D eigenvalue weighted by Gasteiger charge is 2.09. The van der Waals surface area contributed by atoms with Gasteiger partial charge in [0.2, 0.25) is 0 Å². The number of nitrogens with one attached hydrogen (secondary N) is 1. The van der Waals surface area contributed by atoms with Gasteiger partial charge >= 0.3 is 5.97 Å². The molecule has 2 aromatic carbocycles. The fourth-order valence-electron chi connectivity index (χ4n) is 2.44. The smallest absolute Gasteiger partial charge is 0.353 e. The third-order valence-corrected chi connectivity index (χ3v) is 4.93. The summed E-state index contributed by atoms with van der Waals surface area (Å²) in [5.41, 5.74) is 3.74. The van der Waals surface area contributed by atoms with Crippen molar-refractivity contribution in [2.75, 3.05) is 6.61 Å². The van der Waals surface area contributed by atoms with Crippen LogP contribution < -0.4 is 14.9 Å². The Balaban J connectivity index is 1.48. The van der Waals surface area contributed by atoms with E-state index in [2.05, 4.69) is 17.5 Å². The Morgan fingerprint density at radius 3 is 2.43 bits per heavy atom. The Morgan fingerprint density at radius 2 is 1.77 bits per heavy atom. The van der Waals surface area contributed by atoms with Gasteiger partial charge in [0.05, 0.1) is 12.8 Å². The number of unbranched alkanes of at least 4 members (excludes halogenated alkanes) is 1. The molecule has 3 aromatic rings. The summed E-state index contributed by atoms with van der Waals surface area (Å²) >= 11 is 1.33. The van der Waals surface area contributed by atoms with Gasteiger partial charge in [-0.25, -0.2) is 10.2 Å². The molecule has 0 aliphatic rings. The monoisotopic (exact) mass is 422 g/mol. The standard InChI is InChI=1S/C23H22N2O4S/c1-2-3-14-28-19-12-8-18(9-13-19)22(26)25-24-16-17-6-10-20(11-7-17)29-23(27)21-5-4-15-30-21/h4-13,15-16H,2-3,14H2,1H3,(H,25,26)/b24-16+. The number of hydrogen-bond donors (Lipinski definition) is 1. The van der Waals surface area contributed by atoms with Crippen molar-refractivity contribution in [1.29, 1.82) is 0 Å². The number of nitrogens with zero attached hydrogens (tertiary/aromatic N) is 1. The van der Waals surface area contributed by atoms with Crippen molar-refractivity contribution in [2.24, 2.45) is 5.10 Å². The van der Waals surface area contributed by atoms with Crippen molar-refractivity contribution in [3.05, 3.63) is 82.0 Å². The summed E-state index contributed by atoms with van der Waals surface area (Å²) < 4.78 is 10.9. The Kier molecular flexibility index (Phi) is 7.74. The molecule has 6 nitrogen and oxygen atoms in total. The summed E-state index contributed by atoms with van der Waals surface area (Å²) in [6, 6.07) is 17.3.